The van der Waals surface area contributed by atoms with Crippen molar-refractivity contribution >= 4 is 42.4 Å². The minimum Gasteiger partial charge on any atom is -0.279 e. The predicted molar refractivity (Wildman–Crippen MR) is 121 cm³/mol. The lowest BCUT2D eigenvalue weighted by molar-refractivity contribution is 0.0982. The van der Waals surface area contributed by atoms with Crippen molar-refractivity contribution in [3.05, 3.63) is 89.7 Å². The molecule has 0 aliphatic rings. The number of aromatic nitrogens is 1. The zero-order valence-electron chi connectivity index (χ0n) is 16.7. The zero-order chi connectivity index (χ0) is 22.0. The van der Waals surface area contributed by atoms with Crippen molar-refractivity contribution in [3.8, 4) is 0 Å². The summed E-state index contributed by atoms with van der Waals surface area (Å²) in [6.07, 6.45) is 0. The number of amides is 1. The Morgan fingerprint density at radius 3 is 2.48 bits per heavy atom. The van der Waals surface area contributed by atoms with E-state index >= 15 is 0 Å². The molecule has 0 bridgehead atoms. The van der Waals surface area contributed by atoms with Crippen LogP contribution in [0.25, 0.3) is 10.2 Å². The van der Waals surface area contributed by atoms with Crippen LogP contribution in [0.15, 0.2) is 77.7 Å². The van der Waals surface area contributed by atoms with Gasteiger partial charge in [-0.1, -0.05) is 60.7 Å². The molecular weight excluding hydrogens is 435 g/mol. The van der Waals surface area contributed by atoms with Gasteiger partial charge in [-0.3, -0.25) is 9.69 Å². The first-order valence-corrected chi connectivity index (χ1v) is 12.1. The second-order valence-electron chi connectivity index (χ2n) is 6.88. The van der Waals surface area contributed by atoms with Crippen LogP contribution in [-0.2, 0) is 16.4 Å². The van der Waals surface area contributed by atoms with Crippen LogP contribution in [-0.4, -0.2) is 25.1 Å². The van der Waals surface area contributed by atoms with Crippen molar-refractivity contribution in [2.75, 3.05) is 10.7 Å². The Kier molecular flexibility index (Phi) is 5.84. The molecule has 0 atom stereocenters. The summed E-state index contributed by atoms with van der Waals surface area (Å²) in [7, 11) is -3.61. The number of nitrogens with zero attached hydrogens (tertiary/aromatic N) is 2. The van der Waals surface area contributed by atoms with Gasteiger partial charge in [0.1, 0.15) is 5.82 Å². The fourth-order valence-electron chi connectivity index (χ4n) is 3.21. The Bertz CT molecular complexity index is 1350. The first-order valence-electron chi connectivity index (χ1n) is 9.62. The first kappa shape index (κ1) is 21.1. The molecule has 0 radical (unpaired) electrons. The van der Waals surface area contributed by atoms with Gasteiger partial charge >= 0.3 is 0 Å². The van der Waals surface area contributed by atoms with E-state index in [-0.39, 0.29) is 28.6 Å². The molecule has 5 nitrogen and oxygen atoms in total. The maximum absolute atomic E-state index is 13.7. The van der Waals surface area contributed by atoms with E-state index in [0.717, 1.165) is 5.56 Å². The van der Waals surface area contributed by atoms with E-state index in [2.05, 4.69) is 4.98 Å². The van der Waals surface area contributed by atoms with Gasteiger partial charge in [-0.05, 0) is 35.9 Å². The van der Waals surface area contributed by atoms with Crippen LogP contribution < -0.4 is 4.90 Å². The molecule has 0 saturated carbocycles. The van der Waals surface area contributed by atoms with Gasteiger partial charge in [0.05, 0.1) is 33.0 Å². The van der Waals surface area contributed by atoms with E-state index < -0.39 is 15.7 Å². The quantitative estimate of drug-likeness (QED) is 0.408. The van der Waals surface area contributed by atoms with Crippen LogP contribution in [0.4, 0.5) is 9.52 Å². The third kappa shape index (κ3) is 4.35. The summed E-state index contributed by atoms with van der Waals surface area (Å²) in [5, 5.41) is 0.373. The Morgan fingerprint density at radius 1 is 1.03 bits per heavy atom. The van der Waals surface area contributed by atoms with Crippen LogP contribution >= 0.6 is 11.3 Å². The Morgan fingerprint density at radius 2 is 1.74 bits per heavy atom. The highest BCUT2D eigenvalue weighted by Gasteiger charge is 2.27. The molecule has 0 fully saturated rings. The largest absolute Gasteiger partial charge is 0.279 e. The van der Waals surface area contributed by atoms with Crippen molar-refractivity contribution < 1.29 is 17.6 Å². The number of anilines is 1. The Hall–Kier alpha value is -3.10. The van der Waals surface area contributed by atoms with E-state index in [1.807, 2.05) is 30.3 Å². The van der Waals surface area contributed by atoms with Crippen LogP contribution in [0.5, 0.6) is 0 Å². The molecule has 8 heteroatoms. The highest BCUT2D eigenvalue weighted by Crippen LogP contribution is 2.32. The highest BCUT2D eigenvalue weighted by atomic mass is 32.2. The van der Waals surface area contributed by atoms with E-state index in [0.29, 0.717) is 15.3 Å². The number of fused-ring (bicyclic) bond motifs is 1. The van der Waals surface area contributed by atoms with Gasteiger partial charge in [0.2, 0.25) is 0 Å². The smallest absolute Gasteiger partial charge is 0.261 e. The first-order chi connectivity index (χ1) is 14.9. The summed E-state index contributed by atoms with van der Waals surface area (Å²) in [5.74, 6) is -0.977. The van der Waals surface area contributed by atoms with E-state index in [4.69, 9.17) is 0 Å². The molecule has 1 heterocycles. The fourth-order valence-corrected chi connectivity index (χ4v) is 5.28. The van der Waals surface area contributed by atoms with Gasteiger partial charge in [0.25, 0.3) is 5.91 Å². The molecule has 0 saturated heterocycles. The number of rotatable bonds is 6. The summed E-state index contributed by atoms with van der Waals surface area (Å²) in [5.41, 5.74) is 1.52. The lowest BCUT2D eigenvalue weighted by Crippen LogP contribution is -2.31. The predicted octanol–water partition coefficient (Wildman–Crippen LogP) is 5.08. The molecule has 4 aromatic rings. The van der Waals surface area contributed by atoms with Crippen LogP contribution in [0.2, 0.25) is 0 Å². The number of sulfone groups is 1. The third-order valence-electron chi connectivity index (χ3n) is 4.83. The summed E-state index contributed by atoms with van der Waals surface area (Å²) in [6.45, 7) is 1.74. The molecular formula is C23H19FN2O3S2. The number of hydrogen-bond acceptors (Lipinski definition) is 5. The Labute approximate surface area is 183 Å². The Balaban J connectivity index is 1.84. The molecule has 0 unspecified atom stereocenters. The van der Waals surface area contributed by atoms with E-state index in [9.17, 15) is 17.6 Å². The number of hydrogen-bond donors (Lipinski definition) is 0. The standard InChI is InChI=1S/C23H19FN2O3S2/c1-2-31(28,29)21-11-7-6-10-18(21)22(27)26(15-16-8-4-3-5-9-16)23-25-19-13-12-17(24)14-20(19)30-23/h3-14H,2,15H2,1H3. The molecule has 1 amide bonds. The van der Waals surface area contributed by atoms with Gasteiger partial charge in [-0.2, -0.15) is 0 Å². The SMILES string of the molecule is CCS(=O)(=O)c1ccccc1C(=O)N(Cc1ccccc1)c1nc2ccc(F)cc2s1. The number of carbonyl (C=O) groups is 1. The second-order valence-corrected chi connectivity index (χ2v) is 10.1. The van der Waals surface area contributed by atoms with E-state index in [1.54, 1.807) is 25.1 Å². The number of benzene rings is 3. The molecule has 4 rings (SSSR count). The second kappa shape index (κ2) is 8.56. The van der Waals surface area contributed by atoms with Crippen LogP contribution in [0.3, 0.4) is 0 Å². The average Bonchev–Trinajstić information content (AvgIpc) is 3.20. The molecule has 0 aliphatic heterocycles. The minimum atomic E-state index is -3.61. The van der Waals surface area contributed by atoms with Crippen molar-refractivity contribution in [1.82, 2.24) is 4.98 Å². The lowest BCUT2D eigenvalue weighted by atomic mass is 10.1. The number of thiazole rings is 1. The van der Waals surface area contributed by atoms with Crippen molar-refractivity contribution in [3.63, 3.8) is 0 Å². The maximum atomic E-state index is 13.7. The van der Waals surface area contributed by atoms with Crippen molar-refractivity contribution in [2.45, 2.75) is 18.4 Å². The van der Waals surface area contributed by atoms with Crippen LogP contribution in [0.1, 0.15) is 22.8 Å². The molecule has 0 aliphatic carbocycles. The molecule has 0 spiro atoms. The third-order valence-corrected chi connectivity index (χ3v) is 7.66. The molecule has 158 valence electrons. The summed E-state index contributed by atoms with van der Waals surface area (Å²) < 4.78 is 39.5. The number of carbonyl (C=O) groups excluding carboxylic acids is 1. The summed E-state index contributed by atoms with van der Waals surface area (Å²) >= 11 is 1.19. The minimum absolute atomic E-state index is 0.00674. The van der Waals surface area contributed by atoms with Crippen LogP contribution in [0, 0.1) is 5.82 Å². The maximum Gasteiger partial charge on any atom is 0.261 e. The average molecular weight is 455 g/mol. The molecule has 3 aromatic carbocycles. The summed E-state index contributed by atoms with van der Waals surface area (Å²) in [6, 6.07) is 19.8. The zero-order valence-corrected chi connectivity index (χ0v) is 18.3. The topological polar surface area (TPSA) is 67.3 Å². The van der Waals surface area contributed by atoms with Gasteiger partial charge in [-0.15, -0.1) is 0 Å². The molecule has 0 N–H and O–H groups in total. The van der Waals surface area contributed by atoms with Gasteiger partial charge in [0.15, 0.2) is 15.0 Å². The van der Waals surface area contributed by atoms with Gasteiger partial charge in [0, 0.05) is 0 Å². The summed E-state index contributed by atoms with van der Waals surface area (Å²) in [4.78, 5) is 19.6. The molecule has 31 heavy (non-hydrogen) atoms. The fraction of sp³-hybridized carbons (Fsp3) is 0.130. The van der Waals surface area contributed by atoms with Crippen molar-refractivity contribution in [2.24, 2.45) is 0 Å². The van der Waals surface area contributed by atoms with Gasteiger partial charge < -0.3 is 0 Å². The molecule has 1 aromatic heterocycles. The highest BCUT2D eigenvalue weighted by molar-refractivity contribution is 7.91. The van der Waals surface area contributed by atoms with E-state index in [1.165, 1.54) is 40.5 Å². The number of halogens is 1. The van der Waals surface area contributed by atoms with Crippen molar-refractivity contribution in [1.29, 1.82) is 0 Å². The normalized spacial score (nSPS) is 11.5. The van der Waals surface area contributed by atoms with Gasteiger partial charge in [-0.25, -0.2) is 17.8 Å². The lowest BCUT2D eigenvalue weighted by Gasteiger charge is -2.21. The monoisotopic (exact) mass is 454 g/mol.